The summed E-state index contributed by atoms with van der Waals surface area (Å²) in [6.07, 6.45) is 5.21. The monoisotopic (exact) mass is 267 g/mol. The molecule has 5 nitrogen and oxygen atoms in total. The van der Waals surface area contributed by atoms with E-state index in [1.807, 2.05) is 4.68 Å². The van der Waals surface area contributed by atoms with Gasteiger partial charge in [0.2, 0.25) is 0 Å². The van der Waals surface area contributed by atoms with Gasteiger partial charge in [-0.25, -0.2) is 0 Å². The van der Waals surface area contributed by atoms with Crippen LogP contribution in [-0.2, 0) is 12.1 Å². The Labute approximate surface area is 115 Å². The van der Waals surface area contributed by atoms with Crippen molar-refractivity contribution in [3.05, 3.63) is 11.9 Å². The molecule has 0 saturated carbocycles. The van der Waals surface area contributed by atoms with Crippen molar-refractivity contribution >= 4 is 0 Å². The second kappa shape index (κ2) is 5.92. The first kappa shape index (κ1) is 14.3. The number of hydrogen-bond donors (Lipinski definition) is 1. The average molecular weight is 267 g/mol. The Morgan fingerprint density at radius 3 is 2.89 bits per heavy atom. The summed E-state index contributed by atoms with van der Waals surface area (Å²) in [4.78, 5) is 2.27. The van der Waals surface area contributed by atoms with E-state index < -0.39 is 5.60 Å². The number of likely N-dealkylation sites (tertiary alicyclic amines) is 1. The zero-order valence-corrected chi connectivity index (χ0v) is 12.2. The maximum Gasteiger partial charge on any atom is 0.162 e. The minimum absolute atomic E-state index is 0.709. The van der Waals surface area contributed by atoms with Crippen molar-refractivity contribution in [2.75, 3.05) is 27.2 Å². The summed E-state index contributed by atoms with van der Waals surface area (Å²) in [6, 6.07) is 0. The molecule has 1 aromatic rings. The summed E-state index contributed by atoms with van der Waals surface area (Å²) >= 11 is 0. The molecule has 1 saturated heterocycles. The predicted molar refractivity (Wildman–Crippen MR) is 74.3 cm³/mol. The van der Waals surface area contributed by atoms with E-state index in [9.17, 15) is 5.11 Å². The van der Waals surface area contributed by atoms with Gasteiger partial charge in [0.15, 0.2) is 5.75 Å². The minimum atomic E-state index is -0.818. The van der Waals surface area contributed by atoms with Crippen molar-refractivity contribution in [2.24, 2.45) is 0 Å². The number of rotatable bonds is 4. The molecule has 1 atom stereocenters. The second-order valence-electron chi connectivity index (χ2n) is 5.47. The van der Waals surface area contributed by atoms with Gasteiger partial charge in [-0.15, -0.1) is 0 Å². The molecule has 1 aliphatic rings. The average Bonchev–Trinajstić information content (AvgIpc) is 2.72. The van der Waals surface area contributed by atoms with Crippen molar-refractivity contribution in [1.82, 2.24) is 14.7 Å². The molecule has 0 amide bonds. The standard InChI is InChI=1S/C14H25N3O2/c1-4-8-17-13(12(19-3)11-15-17)14(18)6-5-9-16(2)10-7-14/h11,18H,4-10H2,1-3H3. The first-order valence-electron chi connectivity index (χ1n) is 7.12. The van der Waals surface area contributed by atoms with Crippen LogP contribution in [0.5, 0.6) is 5.75 Å². The van der Waals surface area contributed by atoms with Crippen molar-refractivity contribution in [2.45, 2.75) is 44.8 Å². The van der Waals surface area contributed by atoms with Crippen LogP contribution in [0.3, 0.4) is 0 Å². The van der Waals surface area contributed by atoms with E-state index in [1.165, 1.54) is 0 Å². The molecule has 0 bridgehead atoms. The van der Waals surface area contributed by atoms with E-state index in [1.54, 1.807) is 13.3 Å². The van der Waals surface area contributed by atoms with Crippen LogP contribution in [0.15, 0.2) is 6.20 Å². The van der Waals surface area contributed by atoms with E-state index in [0.717, 1.165) is 51.0 Å². The first-order valence-corrected chi connectivity index (χ1v) is 7.12. The molecule has 1 unspecified atom stereocenters. The highest BCUT2D eigenvalue weighted by Gasteiger charge is 2.37. The van der Waals surface area contributed by atoms with Crippen molar-refractivity contribution in [1.29, 1.82) is 0 Å². The van der Waals surface area contributed by atoms with Gasteiger partial charge in [0.25, 0.3) is 0 Å². The SMILES string of the molecule is CCCn1ncc(OC)c1C1(O)CCCN(C)CC1. The zero-order valence-electron chi connectivity index (χ0n) is 12.2. The summed E-state index contributed by atoms with van der Waals surface area (Å²) < 4.78 is 7.31. The fourth-order valence-corrected chi connectivity index (χ4v) is 2.86. The molecule has 1 aromatic heterocycles. The Bertz CT molecular complexity index is 419. The Kier molecular flexibility index (Phi) is 4.47. The molecule has 5 heteroatoms. The van der Waals surface area contributed by atoms with Crippen molar-refractivity contribution < 1.29 is 9.84 Å². The van der Waals surface area contributed by atoms with Crippen LogP contribution in [0.25, 0.3) is 0 Å². The first-order chi connectivity index (χ1) is 9.10. The highest BCUT2D eigenvalue weighted by Crippen LogP contribution is 2.37. The molecule has 1 fully saturated rings. The molecule has 0 spiro atoms. The fraction of sp³-hybridized carbons (Fsp3) is 0.786. The van der Waals surface area contributed by atoms with Gasteiger partial charge in [-0.2, -0.15) is 5.10 Å². The van der Waals surface area contributed by atoms with Crippen LogP contribution in [0.1, 0.15) is 38.3 Å². The van der Waals surface area contributed by atoms with Crippen molar-refractivity contribution in [3.63, 3.8) is 0 Å². The van der Waals surface area contributed by atoms with E-state index in [4.69, 9.17) is 4.74 Å². The normalized spacial score (nSPS) is 25.3. The number of hydrogen-bond acceptors (Lipinski definition) is 4. The molecular weight excluding hydrogens is 242 g/mol. The molecule has 0 radical (unpaired) electrons. The van der Waals surface area contributed by atoms with Gasteiger partial charge < -0.3 is 14.7 Å². The summed E-state index contributed by atoms with van der Waals surface area (Å²) in [5, 5.41) is 15.4. The predicted octanol–water partition coefficient (Wildman–Crippen LogP) is 1.60. The van der Waals surface area contributed by atoms with Gasteiger partial charge in [0.1, 0.15) is 11.3 Å². The van der Waals surface area contributed by atoms with Crippen molar-refractivity contribution in [3.8, 4) is 5.75 Å². The molecule has 1 N–H and O–H groups in total. The molecular formula is C14H25N3O2. The lowest BCUT2D eigenvalue weighted by atomic mass is 9.90. The van der Waals surface area contributed by atoms with Crippen LogP contribution in [0, 0.1) is 0 Å². The van der Waals surface area contributed by atoms with Gasteiger partial charge in [0.05, 0.1) is 13.3 Å². The number of ether oxygens (including phenoxy) is 1. The van der Waals surface area contributed by atoms with Crippen LogP contribution in [0.4, 0.5) is 0 Å². The minimum Gasteiger partial charge on any atom is -0.493 e. The summed E-state index contributed by atoms with van der Waals surface area (Å²) in [5.74, 6) is 0.709. The third-order valence-electron chi connectivity index (χ3n) is 3.94. The van der Waals surface area contributed by atoms with E-state index in [-0.39, 0.29) is 0 Å². The van der Waals surface area contributed by atoms with E-state index in [0.29, 0.717) is 5.75 Å². The molecule has 19 heavy (non-hydrogen) atoms. The maximum atomic E-state index is 11.1. The lowest BCUT2D eigenvalue weighted by molar-refractivity contribution is 0.0107. The van der Waals surface area contributed by atoms with Crippen LogP contribution < -0.4 is 4.74 Å². The number of methoxy groups -OCH3 is 1. The summed E-state index contributed by atoms with van der Waals surface area (Å²) in [5.41, 5.74) is 0.0362. The van der Waals surface area contributed by atoms with Gasteiger partial charge >= 0.3 is 0 Å². The third kappa shape index (κ3) is 2.92. The Balaban J connectivity index is 2.34. The topological polar surface area (TPSA) is 50.5 Å². The van der Waals surface area contributed by atoms with Gasteiger partial charge in [0, 0.05) is 13.1 Å². The highest BCUT2D eigenvalue weighted by molar-refractivity contribution is 5.31. The number of aliphatic hydroxyl groups is 1. The van der Waals surface area contributed by atoms with Gasteiger partial charge in [-0.05, 0) is 39.3 Å². The smallest absolute Gasteiger partial charge is 0.162 e. The Morgan fingerprint density at radius 2 is 2.21 bits per heavy atom. The quantitative estimate of drug-likeness (QED) is 0.900. The van der Waals surface area contributed by atoms with E-state index in [2.05, 4.69) is 24.0 Å². The molecule has 1 aliphatic heterocycles. The summed E-state index contributed by atoms with van der Waals surface area (Å²) in [7, 11) is 3.75. The molecule has 0 aliphatic carbocycles. The number of aromatic nitrogens is 2. The molecule has 108 valence electrons. The van der Waals surface area contributed by atoms with Crippen LogP contribution in [0.2, 0.25) is 0 Å². The Morgan fingerprint density at radius 1 is 1.42 bits per heavy atom. The maximum absolute atomic E-state index is 11.1. The third-order valence-corrected chi connectivity index (χ3v) is 3.94. The summed E-state index contributed by atoms with van der Waals surface area (Å²) in [6.45, 7) is 4.86. The molecule has 2 heterocycles. The second-order valence-corrected chi connectivity index (χ2v) is 5.47. The molecule has 2 rings (SSSR count). The number of aryl methyl sites for hydroxylation is 1. The van der Waals surface area contributed by atoms with Crippen LogP contribution in [-0.4, -0.2) is 47.0 Å². The van der Waals surface area contributed by atoms with Gasteiger partial charge in [-0.1, -0.05) is 6.92 Å². The van der Waals surface area contributed by atoms with E-state index >= 15 is 0 Å². The Hall–Kier alpha value is -1.07. The largest absolute Gasteiger partial charge is 0.493 e. The highest BCUT2D eigenvalue weighted by atomic mass is 16.5. The fourth-order valence-electron chi connectivity index (χ4n) is 2.86. The van der Waals surface area contributed by atoms with Gasteiger partial charge in [-0.3, -0.25) is 4.68 Å². The lowest BCUT2D eigenvalue weighted by Gasteiger charge is -2.28. The van der Waals surface area contributed by atoms with Crippen LogP contribution >= 0.6 is 0 Å². The number of nitrogens with zero attached hydrogens (tertiary/aromatic N) is 3. The lowest BCUT2D eigenvalue weighted by Crippen LogP contribution is -2.31. The zero-order chi connectivity index (χ0) is 13.9. The molecule has 0 aromatic carbocycles.